The monoisotopic (exact) mass is 806 g/mol. The van der Waals surface area contributed by atoms with Gasteiger partial charge in [-0.05, 0) is 44.9 Å². The molecule has 1 amide bonds. The Hall–Kier alpha value is -1.40. The van der Waals surface area contributed by atoms with E-state index in [-0.39, 0.29) is 18.5 Å². The quantitative estimate of drug-likeness (QED) is 0.0323. The summed E-state index contributed by atoms with van der Waals surface area (Å²) in [7, 11) is 0. The average Bonchev–Trinajstić information content (AvgIpc) is 3.21. The first-order chi connectivity index (χ1) is 28.0. The fourth-order valence-corrected chi connectivity index (χ4v) is 7.86. The number of esters is 1. The summed E-state index contributed by atoms with van der Waals surface area (Å²) in [6.45, 7) is 4.89. The maximum absolute atomic E-state index is 12.4. The van der Waals surface area contributed by atoms with Crippen LogP contribution in [-0.4, -0.2) is 47.4 Å². The van der Waals surface area contributed by atoms with E-state index in [0.29, 0.717) is 25.9 Å². The zero-order chi connectivity index (χ0) is 41.5. The summed E-state index contributed by atoms with van der Waals surface area (Å²) in [6.07, 6.45) is 53.1. The molecule has 0 spiro atoms. The number of carbonyl (C=O) groups excluding carboxylic acids is 2. The second kappa shape index (κ2) is 47.3. The molecule has 0 aromatic rings. The number of ether oxygens (including phenoxy) is 1. The molecule has 2 unspecified atom stereocenters. The van der Waals surface area contributed by atoms with Gasteiger partial charge >= 0.3 is 5.97 Å². The van der Waals surface area contributed by atoms with E-state index in [2.05, 4.69) is 31.3 Å². The Balaban J connectivity index is 3.47. The van der Waals surface area contributed by atoms with Crippen LogP contribution in [0.3, 0.4) is 0 Å². The van der Waals surface area contributed by atoms with Crippen LogP contribution in [0.1, 0.15) is 277 Å². The van der Waals surface area contributed by atoms with Crippen LogP contribution in [0.15, 0.2) is 12.2 Å². The number of allylic oxidation sites excluding steroid dienone is 2. The Kier molecular flexibility index (Phi) is 46.1. The third kappa shape index (κ3) is 44.0. The largest absolute Gasteiger partial charge is 0.466 e. The molecule has 0 aliphatic carbocycles. The molecule has 0 heterocycles. The number of aliphatic hydroxyl groups excluding tert-OH is 2. The first kappa shape index (κ1) is 55.6. The summed E-state index contributed by atoms with van der Waals surface area (Å²) in [5.74, 6) is -0.0694. The van der Waals surface area contributed by atoms with Gasteiger partial charge in [0, 0.05) is 12.8 Å². The Morgan fingerprint density at radius 3 is 1.30 bits per heavy atom. The molecule has 0 aliphatic rings. The molecular formula is C51H99NO5. The van der Waals surface area contributed by atoms with Gasteiger partial charge in [-0.2, -0.15) is 0 Å². The zero-order valence-corrected chi connectivity index (χ0v) is 38.3. The van der Waals surface area contributed by atoms with Crippen LogP contribution < -0.4 is 5.32 Å². The summed E-state index contributed by atoms with van der Waals surface area (Å²) in [4.78, 5) is 24.4. The van der Waals surface area contributed by atoms with Crippen molar-refractivity contribution in [1.29, 1.82) is 0 Å². The van der Waals surface area contributed by atoms with Crippen molar-refractivity contribution in [3.63, 3.8) is 0 Å². The fraction of sp³-hybridized carbons (Fsp3) is 0.922. The molecule has 0 rings (SSSR count). The topological polar surface area (TPSA) is 95.9 Å². The number of hydrogen-bond donors (Lipinski definition) is 3. The molecule has 0 saturated heterocycles. The van der Waals surface area contributed by atoms with Gasteiger partial charge in [-0.15, -0.1) is 0 Å². The van der Waals surface area contributed by atoms with Gasteiger partial charge in [-0.25, -0.2) is 0 Å². The summed E-state index contributed by atoms with van der Waals surface area (Å²) >= 11 is 0. The van der Waals surface area contributed by atoms with E-state index in [1.54, 1.807) is 0 Å². The normalized spacial score (nSPS) is 12.7. The lowest BCUT2D eigenvalue weighted by Crippen LogP contribution is -2.45. The Bertz CT molecular complexity index is 847. The minimum Gasteiger partial charge on any atom is -0.466 e. The van der Waals surface area contributed by atoms with Crippen LogP contribution >= 0.6 is 0 Å². The number of aliphatic hydroxyl groups is 2. The molecule has 3 N–H and O–H groups in total. The van der Waals surface area contributed by atoms with Crippen molar-refractivity contribution in [2.24, 2.45) is 0 Å². The smallest absolute Gasteiger partial charge is 0.305 e. The molecule has 0 aromatic carbocycles. The highest BCUT2D eigenvalue weighted by molar-refractivity contribution is 5.76. The summed E-state index contributed by atoms with van der Waals surface area (Å²) < 4.78 is 5.43. The third-order valence-electron chi connectivity index (χ3n) is 11.8. The molecule has 0 saturated carbocycles. The predicted molar refractivity (Wildman–Crippen MR) is 246 cm³/mol. The van der Waals surface area contributed by atoms with Crippen molar-refractivity contribution in [2.45, 2.75) is 289 Å². The lowest BCUT2D eigenvalue weighted by molar-refractivity contribution is -0.143. The first-order valence-corrected chi connectivity index (χ1v) is 25.4. The van der Waals surface area contributed by atoms with Crippen molar-refractivity contribution >= 4 is 11.9 Å². The molecule has 2 atom stereocenters. The van der Waals surface area contributed by atoms with Gasteiger partial charge in [0.1, 0.15) is 0 Å². The Morgan fingerprint density at radius 2 is 0.842 bits per heavy atom. The van der Waals surface area contributed by atoms with Crippen molar-refractivity contribution < 1.29 is 24.5 Å². The first-order valence-electron chi connectivity index (χ1n) is 25.4. The van der Waals surface area contributed by atoms with E-state index in [9.17, 15) is 19.8 Å². The second-order valence-corrected chi connectivity index (χ2v) is 17.5. The number of rotatable bonds is 47. The van der Waals surface area contributed by atoms with Gasteiger partial charge in [0.25, 0.3) is 0 Å². The van der Waals surface area contributed by atoms with Crippen molar-refractivity contribution in [2.75, 3.05) is 13.2 Å². The summed E-state index contributed by atoms with van der Waals surface area (Å²) in [5, 5.41) is 23.2. The minimum absolute atomic E-state index is 0.0199. The molecule has 338 valence electrons. The molecule has 0 aromatic heterocycles. The van der Waals surface area contributed by atoms with Crippen LogP contribution in [0.2, 0.25) is 0 Å². The highest BCUT2D eigenvalue weighted by atomic mass is 16.5. The maximum atomic E-state index is 12.4. The molecule has 0 fully saturated rings. The van der Waals surface area contributed by atoms with Crippen LogP contribution in [0, 0.1) is 0 Å². The predicted octanol–water partition coefficient (Wildman–Crippen LogP) is 15.0. The van der Waals surface area contributed by atoms with E-state index in [1.807, 2.05) is 0 Å². The fourth-order valence-electron chi connectivity index (χ4n) is 7.86. The molecule has 57 heavy (non-hydrogen) atoms. The highest BCUT2D eigenvalue weighted by Crippen LogP contribution is 2.17. The number of nitrogens with one attached hydrogen (secondary N) is 1. The molecule has 0 bridgehead atoms. The molecule has 6 heteroatoms. The average molecular weight is 806 g/mol. The molecular weight excluding hydrogens is 707 g/mol. The molecule has 0 aliphatic heterocycles. The number of hydrogen-bond acceptors (Lipinski definition) is 5. The van der Waals surface area contributed by atoms with Gasteiger partial charge < -0.3 is 20.3 Å². The van der Waals surface area contributed by atoms with Crippen molar-refractivity contribution in [3.8, 4) is 0 Å². The van der Waals surface area contributed by atoms with E-state index < -0.39 is 12.1 Å². The highest BCUT2D eigenvalue weighted by Gasteiger charge is 2.20. The standard InChI is InChI=1S/C51H99NO5/c1-3-5-7-9-11-13-15-16-17-18-19-20-24-27-31-35-39-43-49(54)48(47-53)52-50(55)44-40-36-32-28-25-21-22-26-30-34-38-42-46-57-51(56)45-41-37-33-29-23-14-12-10-8-6-4-2/h10,12,48-49,53-54H,3-9,11,13-47H2,1-2H3,(H,52,55)/b12-10-. The van der Waals surface area contributed by atoms with E-state index in [0.717, 1.165) is 57.8 Å². The van der Waals surface area contributed by atoms with Crippen molar-refractivity contribution in [1.82, 2.24) is 5.32 Å². The van der Waals surface area contributed by atoms with Gasteiger partial charge in [0.15, 0.2) is 0 Å². The van der Waals surface area contributed by atoms with Crippen LogP contribution in [0.25, 0.3) is 0 Å². The maximum Gasteiger partial charge on any atom is 0.305 e. The Morgan fingerprint density at radius 1 is 0.474 bits per heavy atom. The number of unbranched alkanes of at least 4 members (excludes halogenated alkanes) is 34. The third-order valence-corrected chi connectivity index (χ3v) is 11.8. The second-order valence-electron chi connectivity index (χ2n) is 17.5. The number of amides is 1. The molecule has 0 radical (unpaired) electrons. The van der Waals surface area contributed by atoms with E-state index in [1.165, 1.54) is 186 Å². The zero-order valence-electron chi connectivity index (χ0n) is 38.3. The van der Waals surface area contributed by atoms with Gasteiger partial charge in [0.05, 0.1) is 25.4 Å². The van der Waals surface area contributed by atoms with Crippen LogP contribution in [0.4, 0.5) is 0 Å². The van der Waals surface area contributed by atoms with Crippen LogP contribution in [-0.2, 0) is 14.3 Å². The minimum atomic E-state index is -0.674. The van der Waals surface area contributed by atoms with Crippen LogP contribution in [0.5, 0.6) is 0 Å². The summed E-state index contributed by atoms with van der Waals surface area (Å²) in [6, 6.07) is -0.552. The van der Waals surface area contributed by atoms with E-state index in [4.69, 9.17) is 4.74 Å². The van der Waals surface area contributed by atoms with Gasteiger partial charge in [-0.3, -0.25) is 9.59 Å². The number of carbonyl (C=O) groups is 2. The van der Waals surface area contributed by atoms with E-state index >= 15 is 0 Å². The lowest BCUT2D eigenvalue weighted by atomic mass is 10.0. The molecule has 6 nitrogen and oxygen atoms in total. The van der Waals surface area contributed by atoms with Gasteiger partial charge in [0.2, 0.25) is 5.91 Å². The summed E-state index contributed by atoms with van der Waals surface area (Å²) in [5.41, 5.74) is 0. The lowest BCUT2D eigenvalue weighted by Gasteiger charge is -2.22. The van der Waals surface area contributed by atoms with Crippen molar-refractivity contribution in [3.05, 3.63) is 12.2 Å². The SMILES string of the molecule is CCCC/C=C\CCCCCCCC(=O)OCCCCCCCCCCCCCCC(=O)NC(CO)C(O)CCCCCCCCCCCCCCCCCCC. The van der Waals surface area contributed by atoms with Gasteiger partial charge in [-0.1, -0.05) is 231 Å². The Labute approximate surface area is 355 Å².